The van der Waals surface area contributed by atoms with E-state index in [0.29, 0.717) is 17.4 Å². The molecule has 1 aliphatic rings. The van der Waals surface area contributed by atoms with E-state index in [2.05, 4.69) is 38.8 Å². The Balaban J connectivity index is 1.90. The number of likely N-dealkylation sites (N-methyl/N-ethyl adjacent to an activating group) is 1. The highest BCUT2D eigenvalue weighted by atomic mass is 19.1. The second-order valence-corrected chi connectivity index (χ2v) is 6.18. The van der Waals surface area contributed by atoms with Crippen LogP contribution in [0.2, 0.25) is 0 Å². The molecule has 1 atom stereocenters. The number of anilines is 2. The third-order valence-electron chi connectivity index (χ3n) is 4.53. The molecule has 9 heteroatoms. The van der Waals surface area contributed by atoms with Gasteiger partial charge in [0, 0.05) is 31.7 Å². The molecule has 2 aromatic rings. The fraction of sp³-hybridized carbons (Fsp3) is 0.438. The van der Waals surface area contributed by atoms with Gasteiger partial charge in [0.15, 0.2) is 11.5 Å². The molecule has 1 aromatic carbocycles. The van der Waals surface area contributed by atoms with E-state index in [4.69, 9.17) is 5.73 Å². The lowest BCUT2D eigenvalue weighted by Gasteiger charge is -2.39. The zero-order chi connectivity index (χ0) is 18.1. The molecule has 0 amide bonds. The fourth-order valence-corrected chi connectivity index (χ4v) is 2.86. The lowest BCUT2D eigenvalue weighted by molar-refractivity contribution is 0.0594. The average Bonchev–Trinajstić information content (AvgIpc) is 3.08. The van der Waals surface area contributed by atoms with Gasteiger partial charge in [-0.05, 0) is 20.0 Å². The van der Waals surface area contributed by atoms with Gasteiger partial charge < -0.3 is 20.3 Å². The molecule has 1 saturated heterocycles. The maximum Gasteiger partial charge on any atom is 0.360 e. The monoisotopic (exact) mass is 348 g/mol. The van der Waals surface area contributed by atoms with Crippen molar-refractivity contribution >= 4 is 17.3 Å². The summed E-state index contributed by atoms with van der Waals surface area (Å²) < 4.78 is 20.4. The maximum absolute atomic E-state index is 14.6. The standard InChI is InChI=1S/C16H21FN6O2/c1-10-8-22(5-4-21(10)2)15-6-11(17)14(7-12(15)18)23-9-13(19-20-23)16(24)25-3/h6-7,9-10H,4-5,8,18H2,1-3H3/t10-/m0/s1. The molecule has 0 spiro atoms. The Hall–Kier alpha value is -2.68. The molecule has 1 aromatic heterocycles. The molecule has 2 N–H and O–H groups in total. The van der Waals surface area contributed by atoms with Crippen LogP contribution in [0.15, 0.2) is 18.3 Å². The van der Waals surface area contributed by atoms with E-state index in [1.54, 1.807) is 0 Å². The van der Waals surface area contributed by atoms with E-state index in [0.717, 1.165) is 19.6 Å². The highest BCUT2D eigenvalue weighted by Crippen LogP contribution is 2.30. The molecule has 8 nitrogen and oxygen atoms in total. The van der Waals surface area contributed by atoms with Crippen molar-refractivity contribution in [2.45, 2.75) is 13.0 Å². The van der Waals surface area contributed by atoms with Crippen LogP contribution < -0.4 is 10.6 Å². The molecule has 0 saturated carbocycles. The Labute approximate surface area is 144 Å². The highest BCUT2D eigenvalue weighted by Gasteiger charge is 2.24. The Bertz CT molecular complexity index is 793. The second-order valence-electron chi connectivity index (χ2n) is 6.18. The van der Waals surface area contributed by atoms with Crippen LogP contribution in [-0.4, -0.2) is 65.7 Å². The zero-order valence-electron chi connectivity index (χ0n) is 14.4. The number of nitrogens with zero attached hydrogens (tertiary/aromatic N) is 5. The predicted molar refractivity (Wildman–Crippen MR) is 91.4 cm³/mol. The lowest BCUT2D eigenvalue weighted by atomic mass is 10.1. The van der Waals surface area contributed by atoms with Crippen LogP contribution in [0.5, 0.6) is 0 Å². The molecule has 134 valence electrons. The topological polar surface area (TPSA) is 89.5 Å². The van der Waals surface area contributed by atoms with Gasteiger partial charge in [-0.1, -0.05) is 5.21 Å². The summed E-state index contributed by atoms with van der Waals surface area (Å²) in [6.07, 6.45) is 1.31. The second kappa shape index (κ2) is 6.67. The summed E-state index contributed by atoms with van der Waals surface area (Å²) in [4.78, 5) is 15.8. The van der Waals surface area contributed by atoms with Gasteiger partial charge in [0.25, 0.3) is 0 Å². The molecule has 0 bridgehead atoms. The van der Waals surface area contributed by atoms with E-state index in [1.807, 2.05) is 0 Å². The van der Waals surface area contributed by atoms with Gasteiger partial charge >= 0.3 is 5.97 Å². The minimum atomic E-state index is -0.636. The van der Waals surface area contributed by atoms with E-state index in [-0.39, 0.29) is 11.4 Å². The third kappa shape index (κ3) is 3.27. The Kier molecular flexibility index (Phi) is 4.58. The van der Waals surface area contributed by atoms with E-state index in [9.17, 15) is 9.18 Å². The number of hydrogen-bond acceptors (Lipinski definition) is 7. The van der Waals surface area contributed by atoms with Gasteiger partial charge in [0.2, 0.25) is 0 Å². The van der Waals surface area contributed by atoms with Gasteiger partial charge in [-0.2, -0.15) is 0 Å². The summed E-state index contributed by atoms with van der Waals surface area (Å²) in [5.74, 6) is -1.13. The Morgan fingerprint density at radius 1 is 1.36 bits per heavy atom. The summed E-state index contributed by atoms with van der Waals surface area (Å²) in [7, 11) is 3.31. The number of esters is 1. The number of nitrogen functional groups attached to an aromatic ring is 1. The van der Waals surface area contributed by atoms with Crippen molar-refractivity contribution < 1.29 is 13.9 Å². The first-order valence-electron chi connectivity index (χ1n) is 7.96. The van der Waals surface area contributed by atoms with Crippen molar-refractivity contribution in [2.24, 2.45) is 0 Å². The van der Waals surface area contributed by atoms with Crippen molar-refractivity contribution in [3.63, 3.8) is 0 Å². The van der Waals surface area contributed by atoms with Crippen LogP contribution in [0, 0.1) is 5.82 Å². The van der Waals surface area contributed by atoms with Crippen molar-refractivity contribution in [2.75, 3.05) is 44.4 Å². The van der Waals surface area contributed by atoms with Crippen LogP contribution in [0.4, 0.5) is 15.8 Å². The highest BCUT2D eigenvalue weighted by molar-refractivity contribution is 5.86. The number of aromatic nitrogens is 3. The number of hydrogen-bond donors (Lipinski definition) is 1. The van der Waals surface area contributed by atoms with Crippen molar-refractivity contribution in [1.29, 1.82) is 0 Å². The van der Waals surface area contributed by atoms with Crippen LogP contribution >= 0.6 is 0 Å². The van der Waals surface area contributed by atoms with Crippen LogP contribution in [-0.2, 0) is 4.74 Å². The predicted octanol–water partition coefficient (Wildman–Crippen LogP) is 0.915. The summed E-state index contributed by atoms with van der Waals surface area (Å²) in [6, 6.07) is 3.26. The summed E-state index contributed by atoms with van der Waals surface area (Å²) in [5.41, 5.74) is 7.39. The summed E-state index contributed by atoms with van der Waals surface area (Å²) in [5, 5.41) is 7.45. The molecule has 3 rings (SSSR count). The number of benzene rings is 1. The molecule has 25 heavy (non-hydrogen) atoms. The number of rotatable bonds is 3. The maximum atomic E-state index is 14.6. The molecule has 2 heterocycles. The number of carbonyl (C=O) groups is 1. The third-order valence-corrected chi connectivity index (χ3v) is 4.53. The van der Waals surface area contributed by atoms with Gasteiger partial charge in [-0.15, -0.1) is 5.10 Å². The summed E-state index contributed by atoms with van der Waals surface area (Å²) in [6.45, 7) is 4.56. The minimum absolute atomic E-state index is 0.00237. The number of ether oxygens (including phenoxy) is 1. The van der Waals surface area contributed by atoms with Crippen molar-refractivity contribution in [1.82, 2.24) is 19.9 Å². The zero-order valence-corrected chi connectivity index (χ0v) is 14.4. The average molecular weight is 348 g/mol. The molecule has 0 aliphatic carbocycles. The van der Waals surface area contributed by atoms with Gasteiger partial charge in [0.05, 0.1) is 24.7 Å². The Morgan fingerprint density at radius 2 is 2.12 bits per heavy atom. The molecular weight excluding hydrogens is 327 g/mol. The van der Waals surface area contributed by atoms with Gasteiger partial charge in [-0.25, -0.2) is 13.9 Å². The van der Waals surface area contributed by atoms with Crippen molar-refractivity contribution in [3.8, 4) is 5.69 Å². The first-order valence-corrected chi connectivity index (χ1v) is 7.96. The van der Waals surface area contributed by atoms with E-state index < -0.39 is 11.8 Å². The number of piperazine rings is 1. The molecule has 1 aliphatic heterocycles. The SMILES string of the molecule is COC(=O)c1cn(-c2cc(N)c(N3CCN(C)[C@@H](C)C3)cc2F)nn1. The lowest BCUT2D eigenvalue weighted by Crippen LogP contribution is -2.50. The van der Waals surface area contributed by atoms with Crippen LogP contribution in [0.25, 0.3) is 5.69 Å². The molecular formula is C16H21FN6O2. The van der Waals surface area contributed by atoms with E-state index >= 15 is 0 Å². The number of methoxy groups -OCH3 is 1. The number of halogens is 1. The van der Waals surface area contributed by atoms with Gasteiger partial charge in [-0.3, -0.25) is 0 Å². The fourth-order valence-electron chi connectivity index (χ4n) is 2.86. The first-order chi connectivity index (χ1) is 11.9. The normalized spacial score (nSPS) is 18.4. The number of carbonyl (C=O) groups excluding carboxylic acids is 1. The summed E-state index contributed by atoms with van der Waals surface area (Å²) >= 11 is 0. The molecule has 1 fully saturated rings. The van der Waals surface area contributed by atoms with Gasteiger partial charge in [0.1, 0.15) is 5.69 Å². The Morgan fingerprint density at radius 3 is 2.80 bits per heavy atom. The van der Waals surface area contributed by atoms with Crippen LogP contribution in [0.3, 0.4) is 0 Å². The van der Waals surface area contributed by atoms with E-state index in [1.165, 1.54) is 30.1 Å². The smallest absolute Gasteiger partial charge is 0.360 e. The quantitative estimate of drug-likeness (QED) is 0.651. The molecule has 0 unspecified atom stereocenters. The first kappa shape index (κ1) is 17.2. The molecule has 0 radical (unpaired) electrons. The number of nitrogens with two attached hydrogens (primary N) is 1. The largest absolute Gasteiger partial charge is 0.464 e. The van der Waals surface area contributed by atoms with Crippen LogP contribution in [0.1, 0.15) is 17.4 Å². The van der Waals surface area contributed by atoms with Crippen molar-refractivity contribution in [3.05, 3.63) is 29.8 Å². The minimum Gasteiger partial charge on any atom is -0.464 e.